The molecule has 0 aliphatic carbocycles. The van der Waals surface area contributed by atoms with Crippen LogP contribution in [0.15, 0.2) is 24.3 Å². The largest absolute Gasteiger partial charge is 0.359 e. The van der Waals surface area contributed by atoms with Crippen LogP contribution in [-0.4, -0.2) is 43.5 Å². The lowest BCUT2D eigenvalue weighted by molar-refractivity contribution is -0.122. The van der Waals surface area contributed by atoms with E-state index >= 15 is 0 Å². The molecule has 2 unspecified atom stereocenters. The van der Waals surface area contributed by atoms with Crippen molar-refractivity contribution in [1.82, 2.24) is 15.5 Å². The lowest BCUT2D eigenvalue weighted by Gasteiger charge is -2.49. The molecule has 3 rings (SSSR count). The van der Waals surface area contributed by atoms with Crippen molar-refractivity contribution in [2.75, 3.05) is 27.2 Å². The average molecular weight is 287 g/mol. The number of nitrogens with zero attached hydrogens (tertiary/aromatic N) is 1. The lowest BCUT2D eigenvalue weighted by Crippen LogP contribution is -2.56. The zero-order chi connectivity index (χ0) is 14.9. The second kappa shape index (κ2) is 5.78. The van der Waals surface area contributed by atoms with Crippen LogP contribution in [0.5, 0.6) is 0 Å². The van der Waals surface area contributed by atoms with Crippen LogP contribution in [0.25, 0.3) is 0 Å². The predicted molar refractivity (Wildman–Crippen MR) is 84.2 cm³/mol. The molecule has 1 aromatic carbocycles. The highest BCUT2D eigenvalue weighted by Crippen LogP contribution is 2.41. The number of benzene rings is 1. The number of amides is 1. The molecule has 2 aliphatic heterocycles. The van der Waals surface area contributed by atoms with Crippen LogP contribution in [0.4, 0.5) is 0 Å². The third-order valence-corrected chi connectivity index (χ3v) is 5.29. The monoisotopic (exact) mass is 287 g/mol. The van der Waals surface area contributed by atoms with Crippen LogP contribution < -0.4 is 10.6 Å². The Labute approximate surface area is 126 Å². The van der Waals surface area contributed by atoms with E-state index in [-0.39, 0.29) is 11.4 Å². The molecular weight excluding hydrogens is 262 g/mol. The van der Waals surface area contributed by atoms with Gasteiger partial charge in [-0.3, -0.25) is 9.69 Å². The molecule has 0 aromatic heterocycles. The molecule has 4 heteroatoms. The standard InChI is InChI=1S/C17H25N3O/c1-18-16(21)12-17(19-2)8-10-20-9-7-13-5-3-4-6-14(13)15(20)11-17/h3-6,15,19H,7-12H2,1-2H3,(H,18,21). The van der Waals surface area contributed by atoms with Gasteiger partial charge in [-0.1, -0.05) is 24.3 Å². The first kappa shape index (κ1) is 14.5. The van der Waals surface area contributed by atoms with Gasteiger partial charge in [0.2, 0.25) is 5.91 Å². The SMILES string of the molecule is CNC(=O)CC1(NC)CCN2CCc3ccccc3C2C1. The number of fused-ring (bicyclic) bond motifs is 3. The first-order valence-electron chi connectivity index (χ1n) is 7.89. The highest BCUT2D eigenvalue weighted by atomic mass is 16.1. The van der Waals surface area contributed by atoms with E-state index in [1.165, 1.54) is 11.1 Å². The molecule has 21 heavy (non-hydrogen) atoms. The van der Waals surface area contributed by atoms with Crippen LogP contribution in [0.1, 0.15) is 36.4 Å². The Morgan fingerprint density at radius 2 is 2.14 bits per heavy atom. The van der Waals surface area contributed by atoms with E-state index in [1.54, 1.807) is 7.05 Å². The molecule has 0 saturated carbocycles. The van der Waals surface area contributed by atoms with Gasteiger partial charge in [-0.05, 0) is 37.4 Å². The third kappa shape index (κ3) is 2.70. The number of rotatable bonds is 3. The molecule has 2 aliphatic rings. The number of piperidine rings is 1. The zero-order valence-electron chi connectivity index (χ0n) is 13.0. The Morgan fingerprint density at radius 3 is 2.90 bits per heavy atom. The molecule has 1 amide bonds. The van der Waals surface area contributed by atoms with Gasteiger partial charge in [0, 0.05) is 38.1 Å². The lowest BCUT2D eigenvalue weighted by atomic mass is 9.76. The highest BCUT2D eigenvalue weighted by molar-refractivity contribution is 5.77. The van der Waals surface area contributed by atoms with Crippen molar-refractivity contribution in [1.29, 1.82) is 0 Å². The minimum atomic E-state index is -0.0777. The van der Waals surface area contributed by atoms with Crippen molar-refractivity contribution in [2.24, 2.45) is 0 Å². The topological polar surface area (TPSA) is 44.4 Å². The molecule has 0 bridgehead atoms. The number of hydrogen-bond acceptors (Lipinski definition) is 3. The van der Waals surface area contributed by atoms with Crippen LogP contribution in [0, 0.1) is 0 Å². The molecule has 4 nitrogen and oxygen atoms in total. The number of carbonyl (C=O) groups is 1. The van der Waals surface area contributed by atoms with E-state index in [0.29, 0.717) is 12.5 Å². The minimum absolute atomic E-state index is 0.0777. The van der Waals surface area contributed by atoms with E-state index in [2.05, 4.69) is 39.8 Å². The summed E-state index contributed by atoms with van der Waals surface area (Å²) in [6, 6.07) is 9.23. The third-order valence-electron chi connectivity index (χ3n) is 5.29. The molecule has 1 saturated heterocycles. The van der Waals surface area contributed by atoms with Crippen LogP contribution in [0.2, 0.25) is 0 Å². The molecule has 2 N–H and O–H groups in total. The van der Waals surface area contributed by atoms with Crippen molar-refractivity contribution in [3.63, 3.8) is 0 Å². The fourth-order valence-electron chi connectivity index (χ4n) is 3.91. The Balaban J connectivity index is 1.86. The van der Waals surface area contributed by atoms with Gasteiger partial charge in [-0.2, -0.15) is 0 Å². The van der Waals surface area contributed by atoms with Crippen molar-refractivity contribution in [3.05, 3.63) is 35.4 Å². The number of carbonyl (C=O) groups excluding carboxylic acids is 1. The van der Waals surface area contributed by atoms with Crippen molar-refractivity contribution in [3.8, 4) is 0 Å². The maximum absolute atomic E-state index is 11.9. The second-order valence-corrected chi connectivity index (χ2v) is 6.33. The van der Waals surface area contributed by atoms with Gasteiger partial charge in [0.25, 0.3) is 0 Å². The summed E-state index contributed by atoms with van der Waals surface area (Å²) < 4.78 is 0. The smallest absolute Gasteiger partial charge is 0.221 e. The average Bonchev–Trinajstić information content (AvgIpc) is 2.54. The Morgan fingerprint density at radius 1 is 1.33 bits per heavy atom. The summed E-state index contributed by atoms with van der Waals surface area (Å²) in [6.45, 7) is 2.21. The van der Waals surface area contributed by atoms with Gasteiger partial charge in [0.1, 0.15) is 0 Å². The van der Waals surface area contributed by atoms with E-state index in [1.807, 2.05) is 7.05 Å². The Kier molecular flexibility index (Phi) is 4.00. The van der Waals surface area contributed by atoms with E-state index in [9.17, 15) is 4.79 Å². The van der Waals surface area contributed by atoms with Crippen molar-refractivity contribution < 1.29 is 4.79 Å². The first-order valence-corrected chi connectivity index (χ1v) is 7.89. The van der Waals surface area contributed by atoms with Gasteiger partial charge in [0.05, 0.1) is 0 Å². The van der Waals surface area contributed by atoms with Gasteiger partial charge < -0.3 is 10.6 Å². The molecule has 0 spiro atoms. The molecule has 1 fully saturated rings. The molecule has 2 heterocycles. The fourth-order valence-corrected chi connectivity index (χ4v) is 3.91. The molecule has 2 atom stereocenters. The number of hydrogen-bond donors (Lipinski definition) is 2. The van der Waals surface area contributed by atoms with E-state index < -0.39 is 0 Å². The molecular formula is C17H25N3O. The summed E-state index contributed by atoms with van der Waals surface area (Å²) in [5.74, 6) is 0.127. The summed E-state index contributed by atoms with van der Waals surface area (Å²) in [6.07, 6.45) is 3.75. The van der Waals surface area contributed by atoms with Crippen LogP contribution >= 0.6 is 0 Å². The van der Waals surface area contributed by atoms with E-state index in [4.69, 9.17) is 0 Å². The Hall–Kier alpha value is -1.39. The Bertz CT molecular complexity index is 531. The second-order valence-electron chi connectivity index (χ2n) is 6.33. The van der Waals surface area contributed by atoms with Gasteiger partial charge >= 0.3 is 0 Å². The molecule has 114 valence electrons. The number of nitrogens with one attached hydrogen (secondary N) is 2. The van der Waals surface area contributed by atoms with E-state index in [0.717, 1.165) is 32.4 Å². The summed E-state index contributed by atoms with van der Waals surface area (Å²) in [5.41, 5.74) is 2.86. The molecule has 1 aromatic rings. The molecule has 0 radical (unpaired) electrons. The van der Waals surface area contributed by atoms with Crippen LogP contribution in [-0.2, 0) is 11.2 Å². The quantitative estimate of drug-likeness (QED) is 0.885. The van der Waals surface area contributed by atoms with Gasteiger partial charge in [-0.25, -0.2) is 0 Å². The first-order chi connectivity index (χ1) is 10.2. The van der Waals surface area contributed by atoms with Crippen molar-refractivity contribution >= 4 is 5.91 Å². The summed E-state index contributed by atoms with van der Waals surface area (Å²) >= 11 is 0. The zero-order valence-corrected chi connectivity index (χ0v) is 13.0. The predicted octanol–water partition coefficient (Wildman–Crippen LogP) is 1.47. The van der Waals surface area contributed by atoms with Crippen LogP contribution in [0.3, 0.4) is 0 Å². The maximum Gasteiger partial charge on any atom is 0.221 e. The highest BCUT2D eigenvalue weighted by Gasteiger charge is 2.42. The minimum Gasteiger partial charge on any atom is -0.359 e. The summed E-state index contributed by atoms with van der Waals surface area (Å²) in [7, 11) is 3.71. The summed E-state index contributed by atoms with van der Waals surface area (Å²) in [4.78, 5) is 14.5. The van der Waals surface area contributed by atoms with Crippen molar-refractivity contribution in [2.45, 2.75) is 37.3 Å². The van der Waals surface area contributed by atoms with Gasteiger partial charge in [0.15, 0.2) is 0 Å². The normalized spacial score (nSPS) is 28.6. The maximum atomic E-state index is 11.9. The fraction of sp³-hybridized carbons (Fsp3) is 0.588. The van der Waals surface area contributed by atoms with Gasteiger partial charge in [-0.15, -0.1) is 0 Å². The summed E-state index contributed by atoms with van der Waals surface area (Å²) in [5, 5.41) is 6.23.